The minimum Gasteiger partial charge on any atom is -0.494 e. The smallest absolute Gasteiger partial charge is 0.121 e. The van der Waals surface area contributed by atoms with Crippen molar-refractivity contribution in [2.75, 3.05) is 39.2 Å². The number of hydrogen-bond acceptors (Lipinski definition) is 3. The first kappa shape index (κ1) is 13.8. The standard InChI is InChI=1S/C14H24N2O/c1-15-10-5-4-6-11-17-14-9-7-8-13(12-14)16(2)3/h7-9,12,15H,4-6,10-11H2,1-3H3. The highest BCUT2D eigenvalue weighted by Crippen LogP contribution is 2.19. The van der Waals surface area contributed by atoms with Crippen molar-refractivity contribution >= 4 is 5.69 Å². The van der Waals surface area contributed by atoms with Crippen LogP contribution in [-0.2, 0) is 0 Å². The van der Waals surface area contributed by atoms with Gasteiger partial charge in [-0.15, -0.1) is 0 Å². The third-order valence-electron chi connectivity index (χ3n) is 2.67. The number of rotatable bonds is 8. The molecule has 0 atom stereocenters. The molecule has 0 saturated carbocycles. The molecule has 0 amide bonds. The van der Waals surface area contributed by atoms with Gasteiger partial charge in [0, 0.05) is 25.8 Å². The van der Waals surface area contributed by atoms with Crippen LogP contribution in [0, 0.1) is 0 Å². The fourth-order valence-electron chi connectivity index (χ4n) is 1.62. The maximum absolute atomic E-state index is 5.73. The van der Waals surface area contributed by atoms with Crippen LogP contribution in [0.2, 0.25) is 0 Å². The molecule has 0 saturated heterocycles. The minimum atomic E-state index is 0.806. The molecule has 0 aromatic heterocycles. The van der Waals surface area contributed by atoms with Crippen LogP contribution in [0.4, 0.5) is 5.69 Å². The van der Waals surface area contributed by atoms with Crippen LogP contribution in [0.15, 0.2) is 24.3 Å². The van der Waals surface area contributed by atoms with Gasteiger partial charge in [-0.05, 0) is 45.0 Å². The van der Waals surface area contributed by atoms with Crippen molar-refractivity contribution in [3.63, 3.8) is 0 Å². The highest BCUT2D eigenvalue weighted by atomic mass is 16.5. The summed E-state index contributed by atoms with van der Waals surface area (Å²) >= 11 is 0. The lowest BCUT2D eigenvalue weighted by Gasteiger charge is -2.14. The van der Waals surface area contributed by atoms with Crippen molar-refractivity contribution in [1.29, 1.82) is 0 Å². The molecule has 96 valence electrons. The number of ether oxygens (including phenoxy) is 1. The van der Waals surface area contributed by atoms with E-state index >= 15 is 0 Å². The number of anilines is 1. The maximum atomic E-state index is 5.73. The van der Waals surface area contributed by atoms with Gasteiger partial charge in [0.05, 0.1) is 6.61 Å². The zero-order valence-electron chi connectivity index (χ0n) is 11.2. The molecule has 0 aliphatic heterocycles. The molecule has 0 spiro atoms. The van der Waals surface area contributed by atoms with E-state index < -0.39 is 0 Å². The second-order valence-corrected chi connectivity index (χ2v) is 4.40. The van der Waals surface area contributed by atoms with Crippen molar-refractivity contribution in [2.24, 2.45) is 0 Å². The largest absolute Gasteiger partial charge is 0.494 e. The highest BCUT2D eigenvalue weighted by Gasteiger charge is 1.98. The molecule has 0 unspecified atom stereocenters. The Kier molecular flexibility index (Phi) is 6.48. The molecule has 0 radical (unpaired) electrons. The Balaban J connectivity index is 2.24. The lowest BCUT2D eigenvalue weighted by molar-refractivity contribution is 0.305. The molecule has 0 bridgehead atoms. The van der Waals surface area contributed by atoms with Crippen LogP contribution < -0.4 is 15.0 Å². The molecule has 1 aromatic carbocycles. The van der Waals surface area contributed by atoms with Gasteiger partial charge in [0.25, 0.3) is 0 Å². The van der Waals surface area contributed by atoms with Gasteiger partial charge in [-0.3, -0.25) is 0 Å². The van der Waals surface area contributed by atoms with Crippen LogP contribution in [0.1, 0.15) is 19.3 Å². The molecule has 17 heavy (non-hydrogen) atoms. The van der Waals surface area contributed by atoms with Gasteiger partial charge in [-0.1, -0.05) is 6.07 Å². The summed E-state index contributed by atoms with van der Waals surface area (Å²) in [5.74, 6) is 0.963. The molecule has 1 aromatic rings. The molecule has 0 fully saturated rings. The van der Waals surface area contributed by atoms with Crippen molar-refractivity contribution in [2.45, 2.75) is 19.3 Å². The zero-order chi connectivity index (χ0) is 12.5. The third kappa shape index (κ3) is 5.59. The molecule has 3 nitrogen and oxygen atoms in total. The first-order chi connectivity index (χ1) is 8.24. The highest BCUT2D eigenvalue weighted by molar-refractivity contribution is 5.49. The summed E-state index contributed by atoms with van der Waals surface area (Å²) in [6.45, 7) is 1.90. The van der Waals surface area contributed by atoms with E-state index in [2.05, 4.69) is 22.3 Å². The molecular weight excluding hydrogens is 212 g/mol. The van der Waals surface area contributed by atoms with E-state index in [4.69, 9.17) is 4.74 Å². The third-order valence-corrected chi connectivity index (χ3v) is 2.67. The van der Waals surface area contributed by atoms with Gasteiger partial charge in [0.15, 0.2) is 0 Å². The Morgan fingerprint density at radius 1 is 1.18 bits per heavy atom. The molecule has 0 aliphatic carbocycles. The van der Waals surface area contributed by atoms with Crippen LogP contribution in [-0.4, -0.2) is 34.3 Å². The van der Waals surface area contributed by atoms with E-state index in [0.717, 1.165) is 25.3 Å². The monoisotopic (exact) mass is 236 g/mol. The second kappa shape index (κ2) is 7.96. The molecule has 1 rings (SSSR count). The zero-order valence-corrected chi connectivity index (χ0v) is 11.2. The summed E-state index contributed by atoms with van der Waals surface area (Å²) < 4.78 is 5.73. The van der Waals surface area contributed by atoms with Crippen molar-refractivity contribution in [3.8, 4) is 5.75 Å². The number of unbranched alkanes of at least 4 members (excludes halogenated alkanes) is 2. The van der Waals surface area contributed by atoms with Gasteiger partial charge < -0.3 is 15.0 Å². The Morgan fingerprint density at radius 3 is 2.71 bits per heavy atom. The Bertz CT molecular complexity index is 313. The normalized spacial score (nSPS) is 10.3. The summed E-state index contributed by atoms with van der Waals surface area (Å²) in [5.41, 5.74) is 1.18. The Morgan fingerprint density at radius 2 is 2.00 bits per heavy atom. The number of hydrogen-bond donors (Lipinski definition) is 1. The lowest BCUT2D eigenvalue weighted by atomic mass is 10.2. The summed E-state index contributed by atoms with van der Waals surface area (Å²) in [4.78, 5) is 2.08. The van der Waals surface area contributed by atoms with Gasteiger partial charge >= 0.3 is 0 Å². The van der Waals surface area contributed by atoms with Gasteiger partial charge in [0.2, 0.25) is 0 Å². The van der Waals surface area contributed by atoms with Crippen LogP contribution in [0.25, 0.3) is 0 Å². The summed E-state index contributed by atoms with van der Waals surface area (Å²) in [5, 5.41) is 3.15. The maximum Gasteiger partial charge on any atom is 0.121 e. The van der Waals surface area contributed by atoms with E-state index in [9.17, 15) is 0 Å². The summed E-state index contributed by atoms with van der Waals surface area (Å²) in [7, 11) is 6.07. The van der Waals surface area contributed by atoms with Gasteiger partial charge in [-0.2, -0.15) is 0 Å². The summed E-state index contributed by atoms with van der Waals surface area (Å²) in [6.07, 6.45) is 3.56. The van der Waals surface area contributed by atoms with Crippen LogP contribution in [0.5, 0.6) is 5.75 Å². The van der Waals surface area contributed by atoms with E-state index in [1.807, 2.05) is 33.3 Å². The molecule has 1 N–H and O–H groups in total. The Hall–Kier alpha value is -1.22. The quantitative estimate of drug-likeness (QED) is 0.702. The average molecular weight is 236 g/mol. The first-order valence-corrected chi connectivity index (χ1v) is 6.29. The van der Waals surface area contributed by atoms with E-state index in [1.54, 1.807) is 0 Å². The predicted octanol–water partition coefficient (Wildman–Crippen LogP) is 2.52. The van der Waals surface area contributed by atoms with E-state index in [1.165, 1.54) is 18.5 Å². The van der Waals surface area contributed by atoms with Gasteiger partial charge in [0.1, 0.15) is 5.75 Å². The lowest BCUT2D eigenvalue weighted by Crippen LogP contribution is -2.09. The Labute approximate surface area is 105 Å². The molecule has 3 heteroatoms. The topological polar surface area (TPSA) is 24.5 Å². The predicted molar refractivity (Wildman–Crippen MR) is 74.0 cm³/mol. The van der Waals surface area contributed by atoms with Crippen molar-refractivity contribution in [1.82, 2.24) is 5.32 Å². The molecule has 0 aliphatic rings. The van der Waals surface area contributed by atoms with Crippen LogP contribution in [0.3, 0.4) is 0 Å². The molecular formula is C14H24N2O. The number of benzene rings is 1. The second-order valence-electron chi connectivity index (χ2n) is 4.40. The van der Waals surface area contributed by atoms with Gasteiger partial charge in [-0.25, -0.2) is 0 Å². The van der Waals surface area contributed by atoms with Crippen molar-refractivity contribution in [3.05, 3.63) is 24.3 Å². The van der Waals surface area contributed by atoms with Crippen LogP contribution >= 0.6 is 0 Å². The first-order valence-electron chi connectivity index (χ1n) is 6.29. The van der Waals surface area contributed by atoms with E-state index in [-0.39, 0.29) is 0 Å². The fraction of sp³-hybridized carbons (Fsp3) is 0.571. The summed E-state index contributed by atoms with van der Waals surface area (Å²) in [6, 6.07) is 8.21. The minimum absolute atomic E-state index is 0.806. The SMILES string of the molecule is CNCCCCCOc1cccc(N(C)C)c1. The number of nitrogens with zero attached hydrogens (tertiary/aromatic N) is 1. The average Bonchev–Trinajstić information content (AvgIpc) is 2.34. The number of nitrogens with one attached hydrogen (secondary N) is 1. The molecule has 0 heterocycles. The fourth-order valence-corrected chi connectivity index (χ4v) is 1.62. The van der Waals surface area contributed by atoms with Crippen molar-refractivity contribution < 1.29 is 4.74 Å². The van der Waals surface area contributed by atoms with E-state index in [0.29, 0.717) is 0 Å².